The summed E-state index contributed by atoms with van der Waals surface area (Å²) in [6.45, 7) is 11.3. The van der Waals surface area contributed by atoms with Crippen molar-refractivity contribution in [2.75, 3.05) is 52.7 Å². The number of hydrogen-bond donors (Lipinski definition) is 2. The SMILES string of the molecule is C=C(C)C(=O)OCCOCCNC(=O)Oc1ccc(OC(=O)NCCOCCOC(=O)C(=C)C)c2ccccc12. The first-order valence-corrected chi connectivity index (χ1v) is 12.4. The number of ether oxygens (including phenoxy) is 6. The molecular formula is C28H34N2O10. The van der Waals surface area contributed by atoms with Crippen LogP contribution in [-0.4, -0.2) is 76.9 Å². The van der Waals surface area contributed by atoms with E-state index in [-0.39, 0.29) is 64.2 Å². The molecule has 12 heteroatoms. The number of esters is 2. The molecule has 0 heterocycles. The lowest BCUT2D eigenvalue weighted by Gasteiger charge is -2.13. The van der Waals surface area contributed by atoms with Crippen molar-refractivity contribution in [1.82, 2.24) is 10.6 Å². The molecule has 0 aromatic heterocycles. The van der Waals surface area contributed by atoms with Gasteiger partial charge in [0.1, 0.15) is 24.7 Å². The van der Waals surface area contributed by atoms with Crippen LogP contribution in [0.25, 0.3) is 10.8 Å². The fourth-order valence-electron chi connectivity index (χ4n) is 2.98. The van der Waals surface area contributed by atoms with Gasteiger partial charge in [0.2, 0.25) is 0 Å². The molecular weight excluding hydrogens is 524 g/mol. The fourth-order valence-corrected chi connectivity index (χ4v) is 2.98. The number of rotatable bonds is 16. The van der Waals surface area contributed by atoms with Crippen LogP contribution in [0.3, 0.4) is 0 Å². The Kier molecular flexibility index (Phi) is 13.7. The fraction of sp³-hybridized carbons (Fsp3) is 0.357. The molecule has 0 aliphatic carbocycles. The van der Waals surface area contributed by atoms with E-state index in [2.05, 4.69) is 23.8 Å². The van der Waals surface area contributed by atoms with Crippen LogP contribution in [-0.2, 0) is 28.5 Å². The summed E-state index contributed by atoms with van der Waals surface area (Å²) in [5, 5.41) is 6.26. The topological polar surface area (TPSA) is 148 Å². The number of benzene rings is 2. The molecule has 2 aromatic carbocycles. The number of fused-ring (bicyclic) bond motifs is 1. The first-order valence-electron chi connectivity index (χ1n) is 12.4. The number of amides is 2. The number of carbonyl (C=O) groups excluding carboxylic acids is 4. The molecule has 2 amide bonds. The summed E-state index contributed by atoms with van der Waals surface area (Å²) in [4.78, 5) is 47.0. The van der Waals surface area contributed by atoms with Gasteiger partial charge in [-0.3, -0.25) is 0 Å². The van der Waals surface area contributed by atoms with Gasteiger partial charge in [-0.2, -0.15) is 0 Å². The van der Waals surface area contributed by atoms with Gasteiger partial charge in [-0.1, -0.05) is 37.4 Å². The monoisotopic (exact) mass is 558 g/mol. The highest BCUT2D eigenvalue weighted by Crippen LogP contribution is 2.33. The molecule has 0 fully saturated rings. The van der Waals surface area contributed by atoms with E-state index >= 15 is 0 Å². The van der Waals surface area contributed by atoms with Crippen LogP contribution >= 0.6 is 0 Å². The predicted molar refractivity (Wildman–Crippen MR) is 145 cm³/mol. The summed E-state index contributed by atoms with van der Waals surface area (Å²) < 4.78 is 31.2. The van der Waals surface area contributed by atoms with Crippen LogP contribution in [0.5, 0.6) is 11.5 Å². The third-order valence-electron chi connectivity index (χ3n) is 4.90. The summed E-state index contributed by atoms with van der Waals surface area (Å²) in [6.07, 6.45) is -1.38. The van der Waals surface area contributed by atoms with Crippen molar-refractivity contribution in [2.45, 2.75) is 13.8 Å². The lowest BCUT2D eigenvalue weighted by molar-refractivity contribution is -0.141. The molecule has 0 atom stereocenters. The minimum absolute atomic E-state index is 0.0805. The zero-order valence-corrected chi connectivity index (χ0v) is 22.6. The smallest absolute Gasteiger partial charge is 0.412 e. The molecule has 12 nitrogen and oxygen atoms in total. The lowest BCUT2D eigenvalue weighted by atomic mass is 10.1. The van der Waals surface area contributed by atoms with E-state index in [4.69, 9.17) is 28.4 Å². The van der Waals surface area contributed by atoms with Crippen LogP contribution in [0.2, 0.25) is 0 Å². The van der Waals surface area contributed by atoms with Crippen LogP contribution < -0.4 is 20.1 Å². The number of hydrogen-bond acceptors (Lipinski definition) is 10. The minimum atomic E-state index is -0.691. The highest BCUT2D eigenvalue weighted by molar-refractivity contribution is 5.95. The molecule has 2 rings (SSSR count). The van der Waals surface area contributed by atoms with Gasteiger partial charge in [0.25, 0.3) is 0 Å². The molecule has 0 bridgehead atoms. The average Bonchev–Trinajstić information content (AvgIpc) is 2.92. The van der Waals surface area contributed by atoms with E-state index in [9.17, 15) is 19.2 Å². The maximum Gasteiger partial charge on any atom is 0.412 e. The van der Waals surface area contributed by atoms with Crippen molar-refractivity contribution >= 4 is 34.9 Å². The highest BCUT2D eigenvalue weighted by Gasteiger charge is 2.14. The van der Waals surface area contributed by atoms with Crippen LogP contribution in [0.15, 0.2) is 60.7 Å². The van der Waals surface area contributed by atoms with Gasteiger partial charge in [-0.25, -0.2) is 19.2 Å². The van der Waals surface area contributed by atoms with Crippen LogP contribution in [0.4, 0.5) is 9.59 Å². The van der Waals surface area contributed by atoms with E-state index in [1.54, 1.807) is 38.1 Å². The molecule has 0 spiro atoms. The van der Waals surface area contributed by atoms with Gasteiger partial charge in [-0.05, 0) is 26.0 Å². The van der Waals surface area contributed by atoms with Crippen molar-refractivity contribution in [3.05, 3.63) is 60.7 Å². The normalized spacial score (nSPS) is 10.3. The van der Waals surface area contributed by atoms with E-state index in [1.165, 1.54) is 12.1 Å². The quantitative estimate of drug-likeness (QED) is 0.179. The molecule has 40 heavy (non-hydrogen) atoms. The Bertz CT molecular complexity index is 1120. The Morgan fingerprint density at radius 1 is 0.625 bits per heavy atom. The largest absolute Gasteiger partial charge is 0.460 e. The van der Waals surface area contributed by atoms with Crippen molar-refractivity contribution < 1.29 is 47.6 Å². The summed E-state index contributed by atoms with van der Waals surface area (Å²) in [7, 11) is 0. The van der Waals surface area contributed by atoms with Gasteiger partial charge in [-0.15, -0.1) is 0 Å². The molecule has 0 aliphatic rings. The standard InChI is InChI=1S/C28H34N2O10/c1-19(2)25(31)37-17-15-35-13-11-29-27(33)39-23-9-10-24(22-8-6-5-7-21(22)23)40-28(34)30-12-14-36-16-18-38-26(32)20(3)4/h5-10H,1,3,11-18H2,2,4H3,(H,29,33)(H,30,34). The summed E-state index contributed by atoms with van der Waals surface area (Å²) in [5.74, 6) is -0.434. The van der Waals surface area contributed by atoms with Crippen LogP contribution in [0.1, 0.15) is 13.8 Å². The Morgan fingerprint density at radius 2 is 1.02 bits per heavy atom. The van der Waals surface area contributed by atoms with Gasteiger partial charge in [0, 0.05) is 35.0 Å². The van der Waals surface area contributed by atoms with E-state index < -0.39 is 24.1 Å². The zero-order valence-electron chi connectivity index (χ0n) is 22.6. The molecule has 0 unspecified atom stereocenters. The predicted octanol–water partition coefficient (Wildman–Crippen LogP) is 3.29. The Labute approximate surface area is 232 Å². The first-order chi connectivity index (χ1) is 19.2. The molecule has 0 saturated carbocycles. The van der Waals surface area contributed by atoms with Gasteiger partial charge in [0.15, 0.2) is 0 Å². The third-order valence-corrected chi connectivity index (χ3v) is 4.90. The minimum Gasteiger partial charge on any atom is -0.460 e. The molecule has 216 valence electrons. The second kappa shape index (κ2) is 17.2. The third kappa shape index (κ3) is 11.5. The number of nitrogens with one attached hydrogen (secondary N) is 2. The van der Waals surface area contributed by atoms with Gasteiger partial charge < -0.3 is 39.1 Å². The van der Waals surface area contributed by atoms with E-state index in [0.29, 0.717) is 21.9 Å². The van der Waals surface area contributed by atoms with Crippen molar-refractivity contribution in [2.24, 2.45) is 0 Å². The average molecular weight is 559 g/mol. The Morgan fingerprint density at radius 3 is 1.40 bits per heavy atom. The number of carbonyl (C=O) groups is 4. The van der Waals surface area contributed by atoms with Crippen molar-refractivity contribution in [3.63, 3.8) is 0 Å². The summed E-state index contributed by atoms with van der Waals surface area (Å²) >= 11 is 0. The Balaban J connectivity index is 1.75. The molecule has 2 N–H and O–H groups in total. The second-order valence-corrected chi connectivity index (χ2v) is 8.30. The lowest BCUT2D eigenvalue weighted by Crippen LogP contribution is -2.31. The second-order valence-electron chi connectivity index (χ2n) is 8.30. The van der Waals surface area contributed by atoms with Gasteiger partial charge >= 0.3 is 24.1 Å². The van der Waals surface area contributed by atoms with E-state index in [1.807, 2.05) is 0 Å². The highest BCUT2D eigenvalue weighted by atomic mass is 16.6. The maximum absolute atomic E-state index is 12.2. The summed E-state index contributed by atoms with van der Waals surface area (Å²) in [6, 6.07) is 10.0. The molecule has 0 aliphatic heterocycles. The summed E-state index contributed by atoms with van der Waals surface area (Å²) in [5.41, 5.74) is 0.609. The van der Waals surface area contributed by atoms with Crippen LogP contribution in [0, 0.1) is 0 Å². The zero-order chi connectivity index (χ0) is 29.3. The van der Waals surface area contributed by atoms with E-state index in [0.717, 1.165) is 0 Å². The maximum atomic E-state index is 12.2. The van der Waals surface area contributed by atoms with Gasteiger partial charge in [0.05, 0.1) is 26.4 Å². The van der Waals surface area contributed by atoms with Crippen molar-refractivity contribution in [3.8, 4) is 11.5 Å². The Hall–Kier alpha value is -4.42. The molecule has 0 saturated heterocycles. The van der Waals surface area contributed by atoms with Crippen molar-refractivity contribution in [1.29, 1.82) is 0 Å². The first kappa shape index (κ1) is 31.8. The molecule has 2 aromatic rings. The molecule has 0 radical (unpaired) electrons.